The number of rotatable bonds is 10. The first-order valence-corrected chi connectivity index (χ1v) is 15.4. The van der Waals surface area contributed by atoms with Crippen molar-refractivity contribution < 1.29 is 19.8 Å². The van der Waals surface area contributed by atoms with Gasteiger partial charge in [-0.25, -0.2) is 0 Å². The first kappa shape index (κ1) is 36.6. The molecule has 0 aromatic rings. The quantitative estimate of drug-likeness (QED) is 0.150. The lowest BCUT2D eigenvalue weighted by Gasteiger charge is -2.45. The van der Waals surface area contributed by atoms with Crippen LogP contribution in [0.1, 0.15) is 88.5 Å². The average molecular weight is 597 g/mol. The van der Waals surface area contributed by atoms with E-state index in [1.165, 1.54) is 6.08 Å². The van der Waals surface area contributed by atoms with Crippen LogP contribution in [0.4, 0.5) is 0 Å². The first-order chi connectivity index (χ1) is 20.4. The summed E-state index contributed by atoms with van der Waals surface area (Å²) in [5.74, 6) is -0.153. The van der Waals surface area contributed by atoms with Crippen molar-refractivity contribution in [2.75, 3.05) is 0 Å². The minimum Gasteiger partial charge on any atom is -0.389 e. The minimum absolute atomic E-state index is 0.0157. The fourth-order valence-electron chi connectivity index (χ4n) is 5.73. The Morgan fingerprint density at radius 1 is 0.909 bits per heavy atom. The lowest BCUT2D eigenvalue weighted by molar-refractivity contribution is -0.132. The molecule has 0 aliphatic heterocycles. The van der Waals surface area contributed by atoms with Crippen LogP contribution in [0.15, 0.2) is 124 Å². The normalized spacial score (nSPS) is 25.0. The summed E-state index contributed by atoms with van der Waals surface area (Å²) in [6.45, 7) is 19.6. The molecule has 0 heterocycles. The van der Waals surface area contributed by atoms with E-state index in [4.69, 9.17) is 0 Å². The topological polar surface area (TPSA) is 74.6 Å². The van der Waals surface area contributed by atoms with E-state index in [0.717, 1.165) is 27.9 Å². The molecule has 0 aromatic carbocycles. The van der Waals surface area contributed by atoms with Crippen molar-refractivity contribution in [2.45, 2.75) is 100 Å². The second-order valence-corrected chi connectivity index (χ2v) is 13.7. The van der Waals surface area contributed by atoms with Gasteiger partial charge >= 0.3 is 0 Å². The number of aliphatic hydroxyl groups excluding tert-OH is 1. The zero-order valence-corrected chi connectivity index (χ0v) is 28.4. The molecule has 2 N–H and O–H groups in total. The van der Waals surface area contributed by atoms with Gasteiger partial charge < -0.3 is 10.2 Å². The number of ketones is 2. The molecule has 0 saturated carbocycles. The Balaban J connectivity index is 1.96. The molecule has 0 spiro atoms. The zero-order valence-electron chi connectivity index (χ0n) is 28.4. The van der Waals surface area contributed by atoms with Crippen LogP contribution in [0, 0.1) is 10.8 Å². The molecule has 44 heavy (non-hydrogen) atoms. The van der Waals surface area contributed by atoms with E-state index in [1.54, 1.807) is 19.9 Å². The van der Waals surface area contributed by atoms with Crippen molar-refractivity contribution in [3.63, 3.8) is 0 Å². The average Bonchev–Trinajstić information content (AvgIpc) is 2.88. The van der Waals surface area contributed by atoms with Crippen LogP contribution in [0.3, 0.4) is 0 Å². The van der Waals surface area contributed by atoms with Crippen molar-refractivity contribution in [3.8, 4) is 0 Å². The monoisotopic (exact) mass is 596 g/mol. The first-order valence-electron chi connectivity index (χ1n) is 15.4. The van der Waals surface area contributed by atoms with Gasteiger partial charge in [-0.3, -0.25) is 9.59 Å². The summed E-state index contributed by atoms with van der Waals surface area (Å²) in [7, 11) is 0. The molecule has 2 rings (SSSR count). The third-order valence-electron chi connectivity index (χ3n) is 8.55. The van der Waals surface area contributed by atoms with E-state index in [9.17, 15) is 19.8 Å². The van der Waals surface area contributed by atoms with Gasteiger partial charge in [-0.05, 0) is 87.8 Å². The molecule has 2 unspecified atom stereocenters. The number of carbonyl (C=O) groups excluding carboxylic acids is 2. The molecule has 2 atom stereocenters. The van der Waals surface area contributed by atoms with Gasteiger partial charge in [-0.1, -0.05) is 106 Å². The van der Waals surface area contributed by atoms with E-state index in [1.807, 2.05) is 89.3 Å². The predicted molar refractivity (Wildman–Crippen MR) is 184 cm³/mol. The van der Waals surface area contributed by atoms with Gasteiger partial charge in [0, 0.05) is 23.8 Å². The van der Waals surface area contributed by atoms with E-state index in [0.29, 0.717) is 17.6 Å². The van der Waals surface area contributed by atoms with Gasteiger partial charge in [0.2, 0.25) is 0 Å². The summed E-state index contributed by atoms with van der Waals surface area (Å²) in [4.78, 5) is 24.9. The summed E-state index contributed by atoms with van der Waals surface area (Å²) < 4.78 is 0. The number of aliphatic hydroxyl groups is 2. The maximum atomic E-state index is 12.9. The van der Waals surface area contributed by atoms with Crippen molar-refractivity contribution in [1.29, 1.82) is 0 Å². The summed E-state index contributed by atoms with van der Waals surface area (Å²) in [6.07, 6.45) is 25.6. The van der Waals surface area contributed by atoms with Gasteiger partial charge in [0.1, 0.15) is 0 Å². The van der Waals surface area contributed by atoms with Crippen molar-refractivity contribution in [1.82, 2.24) is 0 Å². The number of carbonyl (C=O) groups is 2. The third kappa shape index (κ3) is 10.3. The third-order valence-corrected chi connectivity index (χ3v) is 8.55. The Hall–Kier alpha value is -3.56. The number of allylic oxidation sites excluding steroid dienone is 17. The second kappa shape index (κ2) is 15.4. The van der Waals surface area contributed by atoms with Crippen LogP contribution in [-0.4, -0.2) is 33.5 Å². The SMILES string of the molecule is CC1=CC(O)CC(C)(C)C1=C=C/C(C)=C/C=C/C(C)=C/C=C/C=C(C)/C=C/C=C(\C)C(=O)CC1(O)C(C)=CC(=O)CC1(C)C. The Labute approximate surface area is 265 Å². The van der Waals surface area contributed by atoms with Gasteiger partial charge in [0.15, 0.2) is 11.6 Å². The summed E-state index contributed by atoms with van der Waals surface area (Å²) in [6, 6.07) is 0. The van der Waals surface area contributed by atoms with Gasteiger partial charge in [-0.15, -0.1) is 5.73 Å². The van der Waals surface area contributed by atoms with E-state index in [2.05, 4.69) is 38.7 Å². The highest BCUT2D eigenvalue weighted by atomic mass is 16.3. The molecular formula is C40H52O4. The van der Waals surface area contributed by atoms with Gasteiger partial charge in [-0.2, -0.15) is 0 Å². The Kier molecular flexibility index (Phi) is 12.9. The molecule has 0 bridgehead atoms. The minimum atomic E-state index is -1.34. The van der Waals surface area contributed by atoms with Crippen molar-refractivity contribution in [3.05, 3.63) is 124 Å². The standard InChI is InChI=1S/C40H52O4/c1-28(17-13-18-30(3)21-22-36-32(5)23-34(41)25-38(36,7)8)15-11-12-16-29(2)19-14-20-31(4)37(43)27-40(44)33(6)24-35(42)26-39(40,9)10/h11-21,23-24,34,41,44H,25-27H2,1-10H3/b12-11+,17-13+,19-14+,28-15+,29-16+,30-18+,31-20+. The van der Waals surface area contributed by atoms with Gasteiger partial charge in [0.25, 0.3) is 0 Å². The Morgan fingerprint density at radius 2 is 1.45 bits per heavy atom. The predicted octanol–water partition coefficient (Wildman–Crippen LogP) is 8.89. The molecule has 236 valence electrons. The maximum Gasteiger partial charge on any atom is 0.161 e. The van der Waals surface area contributed by atoms with E-state index in [-0.39, 0.29) is 29.8 Å². The fourth-order valence-corrected chi connectivity index (χ4v) is 5.73. The largest absolute Gasteiger partial charge is 0.389 e. The van der Waals surface area contributed by atoms with Crippen LogP contribution in [0.25, 0.3) is 0 Å². The second-order valence-electron chi connectivity index (χ2n) is 13.7. The lowest BCUT2D eigenvalue weighted by atomic mass is 9.62. The molecule has 0 saturated heterocycles. The Bertz CT molecular complexity index is 1470. The summed E-state index contributed by atoms with van der Waals surface area (Å²) in [5.41, 5.74) is 7.89. The molecule has 0 fully saturated rings. The molecular weight excluding hydrogens is 544 g/mol. The highest BCUT2D eigenvalue weighted by molar-refractivity contribution is 5.97. The maximum absolute atomic E-state index is 12.9. The highest BCUT2D eigenvalue weighted by Gasteiger charge is 2.49. The zero-order chi connectivity index (χ0) is 33.3. The number of hydrogen-bond acceptors (Lipinski definition) is 4. The smallest absolute Gasteiger partial charge is 0.161 e. The lowest BCUT2D eigenvalue weighted by Crippen LogP contribution is -2.50. The summed E-state index contributed by atoms with van der Waals surface area (Å²) in [5, 5.41) is 21.4. The molecule has 0 aromatic heterocycles. The molecule has 2 aliphatic carbocycles. The number of hydrogen-bond donors (Lipinski definition) is 2. The fraction of sp³-hybridized carbons (Fsp3) is 0.425. The van der Waals surface area contributed by atoms with Gasteiger partial charge in [0.05, 0.1) is 11.7 Å². The van der Waals surface area contributed by atoms with E-state index < -0.39 is 17.1 Å². The van der Waals surface area contributed by atoms with Crippen LogP contribution in [-0.2, 0) is 9.59 Å². The van der Waals surface area contributed by atoms with Crippen LogP contribution in [0.5, 0.6) is 0 Å². The van der Waals surface area contributed by atoms with Crippen LogP contribution >= 0.6 is 0 Å². The van der Waals surface area contributed by atoms with Crippen LogP contribution in [0.2, 0.25) is 0 Å². The molecule has 0 radical (unpaired) electrons. The van der Waals surface area contributed by atoms with Crippen molar-refractivity contribution >= 4 is 11.6 Å². The molecule has 4 heteroatoms. The molecule has 4 nitrogen and oxygen atoms in total. The Morgan fingerprint density at radius 3 is 2.00 bits per heavy atom. The van der Waals surface area contributed by atoms with Crippen LogP contribution < -0.4 is 0 Å². The van der Waals surface area contributed by atoms with Crippen molar-refractivity contribution in [2.24, 2.45) is 10.8 Å². The summed E-state index contributed by atoms with van der Waals surface area (Å²) >= 11 is 0. The highest BCUT2D eigenvalue weighted by Crippen LogP contribution is 2.45. The molecule has 0 amide bonds. The molecule has 2 aliphatic rings. The van der Waals surface area contributed by atoms with E-state index >= 15 is 0 Å². The number of Topliss-reactive ketones (excluding diaryl/α,β-unsaturated/α-hetero) is 1.